The van der Waals surface area contributed by atoms with Crippen LogP contribution in [-0.4, -0.2) is 89.2 Å². The van der Waals surface area contributed by atoms with Crippen LogP contribution in [0.25, 0.3) is 0 Å². The number of piperidine rings is 1. The van der Waals surface area contributed by atoms with Crippen LogP contribution in [0.3, 0.4) is 0 Å². The third kappa shape index (κ3) is 4.93. The zero-order valence-electron chi connectivity index (χ0n) is 19.9. The van der Waals surface area contributed by atoms with E-state index in [4.69, 9.17) is 9.47 Å². The molecule has 3 heterocycles. The molecule has 10 nitrogen and oxygen atoms in total. The summed E-state index contributed by atoms with van der Waals surface area (Å²) in [5.74, 6) is -0.494. The fraction of sp³-hybridized carbons (Fsp3) is 0.652. The summed E-state index contributed by atoms with van der Waals surface area (Å²) < 4.78 is 38.6. The second kappa shape index (κ2) is 10.6. The Morgan fingerprint density at radius 2 is 1.97 bits per heavy atom. The monoisotopic (exact) mass is 494 g/mol. The number of ether oxygens (including phenoxy) is 2. The Morgan fingerprint density at radius 1 is 1.18 bits per heavy atom. The van der Waals surface area contributed by atoms with Gasteiger partial charge in [0.05, 0.1) is 42.2 Å². The first-order valence-electron chi connectivity index (χ1n) is 12.0. The van der Waals surface area contributed by atoms with Crippen LogP contribution in [0.2, 0.25) is 0 Å². The molecule has 0 unspecified atom stereocenters. The molecule has 0 saturated carbocycles. The third-order valence-electron chi connectivity index (χ3n) is 6.66. The maximum absolute atomic E-state index is 13.5. The molecule has 11 heteroatoms. The van der Waals surface area contributed by atoms with Gasteiger partial charge in [0.2, 0.25) is 21.8 Å². The van der Waals surface area contributed by atoms with Crippen LogP contribution in [-0.2, 0) is 29.1 Å². The minimum atomic E-state index is -3.71. The van der Waals surface area contributed by atoms with Crippen LogP contribution in [0.1, 0.15) is 33.1 Å². The molecule has 0 aromatic heterocycles. The van der Waals surface area contributed by atoms with Crippen LogP contribution >= 0.6 is 0 Å². The first-order valence-corrected chi connectivity index (χ1v) is 13.5. The summed E-state index contributed by atoms with van der Waals surface area (Å²) in [5, 5.41) is 2.83. The number of amides is 2. The van der Waals surface area contributed by atoms with Gasteiger partial charge in [-0.1, -0.05) is 13.8 Å². The molecule has 2 amide bonds. The summed E-state index contributed by atoms with van der Waals surface area (Å²) in [6.07, 6.45) is 2.40. The summed E-state index contributed by atoms with van der Waals surface area (Å²) in [7, 11) is -3.71. The van der Waals surface area contributed by atoms with E-state index in [0.717, 1.165) is 25.1 Å². The number of sulfonamides is 1. The standard InChI is InChI=1S/C23H34N4O6S/c1-3-25(4-2)34(30,31)18-8-9-19-21(13-18)27(23(29)20-7-5-6-10-26(19)20)15-22(28)24-14-17-16-32-11-12-33-17/h8-9,13,17,20H,3-7,10-12,14-16H2,1-2H3,(H,24,28)/t17-,20+/m1/s1. The van der Waals surface area contributed by atoms with Gasteiger partial charge in [0, 0.05) is 26.2 Å². The maximum Gasteiger partial charge on any atom is 0.250 e. The number of rotatable bonds is 8. The molecule has 3 aliphatic heterocycles. The van der Waals surface area contributed by atoms with Crippen molar-refractivity contribution in [3.05, 3.63) is 18.2 Å². The predicted molar refractivity (Wildman–Crippen MR) is 127 cm³/mol. The Balaban J connectivity index is 1.62. The van der Waals surface area contributed by atoms with Gasteiger partial charge in [-0.2, -0.15) is 4.31 Å². The van der Waals surface area contributed by atoms with Gasteiger partial charge in [0.25, 0.3) is 0 Å². The average molecular weight is 495 g/mol. The predicted octanol–water partition coefficient (Wildman–Crippen LogP) is 0.954. The van der Waals surface area contributed by atoms with E-state index in [0.29, 0.717) is 51.6 Å². The topological polar surface area (TPSA) is 108 Å². The quantitative estimate of drug-likeness (QED) is 0.573. The highest BCUT2D eigenvalue weighted by Gasteiger charge is 2.40. The van der Waals surface area contributed by atoms with Crippen molar-refractivity contribution in [2.75, 3.05) is 62.3 Å². The third-order valence-corrected chi connectivity index (χ3v) is 8.70. The minimum Gasteiger partial charge on any atom is -0.376 e. The summed E-state index contributed by atoms with van der Waals surface area (Å²) in [6.45, 7) is 6.56. The van der Waals surface area contributed by atoms with Crippen molar-refractivity contribution in [2.45, 2.75) is 50.2 Å². The zero-order chi connectivity index (χ0) is 24.3. The lowest BCUT2D eigenvalue weighted by Crippen LogP contribution is -2.57. The van der Waals surface area contributed by atoms with Gasteiger partial charge in [0.1, 0.15) is 12.6 Å². The number of carbonyl (C=O) groups excluding carboxylic acids is 2. The number of anilines is 2. The Morgan fingerprint density at radius 3 is 2.68 bits per heavy atom. The number of benzene rings is 1. The summed E-state index contributed by atoms with van der Waals surface area (Å²) in [4.78, 5) is 29.9. The van der Waals surface area contributed by atoms with Crippen molar-refractivity contribution in [3.8, 4) is 0 Å². The largest absolute Gasteiger partial charge is 0.376 e. The van der Waals surface area contributed by atoms with Gasteiger partial charge in [-0.15, -0.1) is 0 Å². The smallest absolute Gasteiger partial charge is 0.250 e. The molecule has 0 spiro atoms. The van der Waals surface area contributed by atoms with Crippen molar-refractivity contribution in [1.29, 1.82) is 0 Å². The van der Waals surface area contributed by atoms with E-state index in [-0.39, 0.29) is 35.4 Å². The Bertz CT molecular complexity index is 1010. The first-order chi connectivity index (χ1) is 16.4. The summed E-state index contributed by atoms with van der Waals surface area (Å²) in [5.41, 5.74) is 1.25. The molecule has 0 bridgehead atoms. The number of hydrogen-bond donors (Lipinski definition) is 1. The second-order valence-corrected chi connectivity index (χ2v) is 10.7. The number of carbonyl (C=O) groups is 2. The molecule has 1 aromatic rings. The molecule has 4 rings (SSSR count). The molecule has 1 N–H and O–H groups in total. The lowest BCUT2D eigenvalue weighted by Gasteiger charge is -2.45. The van der Waals surface area contributed by atoms with Gasteiger partial charge >= 0.3 is 0 Å². The zero-order valence-corrected chi connectivity index (χ0v) is 20.7. The lowest BCUT2D eigenvalue weighted by atomic mass is 9.96. The molecule has 1 aromatic carbocycles. The highest BCUT2D eigenvalue weighted by atomic mass is 32.2. The van der Waals surface area contributed by atoms with Crippen molar-refractivity contribution in [3.63, 3.8) is 0 Å². The summed E-state index contributed by atoms with van der Waals surface area (Å²) >= 11 is 0. The van der Waals surface area contributed by atoms with Crippen LogP contribution in [0.15, 0.2) is 23.1 Å². The van der Waals surface area contributed by atoms with Crippen LogP contribution < -0.4 is 15.1 Å². The van der Waals surface area contributed by atoms with Gasteiger partial charge < -0.3 is 19.7 Å². The molecule has 2 atom stereocenters. The SMILES string of the molecule is CCN(CC)S(=O)(=O)c1ccc2c(c1)N(CC(=O)NC[C@@H]1COCCO1)C(=O)[C@@H]1CCCCN21. The van der Waals surface area contributed by atoms with Gasteiger partial charge in [-0.3, -0.25) is 14.5 Å². The van der Waals surface area contributed by atoms with Crippen LogP contribution in [0, 0.1) is 0 Å². The van der Waals surface area contributed by atoms with Gasteiger partial charge in [0.15, 0.2) is 0 Å². The molecule has 34 heavy (non-hydrogen) atoms. The Labute approximate surface area is 201 Å². The minimum absolute atomic E-state index is 0.122. The fourth-order valence-corrected chi connectivity index (χ4v) is 6.33. The number of fused-ring (bicyclic) bond motifs is 3. The molecular weight excluding hydrogens is 460 g/mol. The normalized spacial score (nSPS) is 23.0. The molecule has 188 valence electrons. The van der Waals surface area contributed by atoms with E-state index in [1.165, 1.54) is 15.3 Å². The van der Waals surface area contributed by atoms with Crippen LogP contribution in [0.4, 0.5) is 11.4 Å². The highest BCUT2D eigenvalue weighted by Crippen LogP contribution is 2.40. The molecule has 0 radical (unpaired) electrons. The van der Waals surface area contributed by atoms with Crippen LogP contribution in [0.5, 0.6) is 0 Å². The number of nitrogens with one attached hydrogen (secondary N) is 1. The first kappa shape index (κ1) is 24.9. The van der Waals surface area contributed by atoms with E-state index in [1.807, 2.05) is 0 Å². The van der Waals surface area contributed by atoms with E-state index >= 15 is 0 Å². The molecule has 2 saturated heterocycles. The molecule has 0 aliphatic carbocycles. The highest BCUT2D eigenvalue weighted by molar-refractivity contribution is 7.89. The van der Waals surface area contributed by atoms with Gasteiger partial charge in [-0.05, 0) is 37.5 Å². The van der Waals surface area contributed by atoms with E-state index < -0.39 is 10.0 Å². The maximum atomic E-state index is 13.5. The van der Waals surface area contributed by atoms with Crippen molar-refractivity contribution in [1.82, 2.24) is 9.62 Å². The molecular formula is C23H34N4O6S. The second-order valence-electron chi connectivity index (χ2n) is 8.74. The van der Waals surface area contributed by atoms with Crippen molar-refractivity contribution < 1.29 is 27.5 Å². The van der Waals surface area contributed by atoms with E-state index in [9.17, 15) is 18.0 Å². The Hall–Kier alpha value is -2.21. The van der Waals surface area contributed by atoms with Gasteiger partial charge in [-0.25, -0.2) is 8.42 Å². The van der Waals surface area contributed by atoms with E-state index in [1.54, 1.807) is 26.0 Å². The molecule has 3 aliphatic rings. The Kier molecular flexibility index (Phi) is 7.76. The summed E-state index contributed by atoms with van der Waals surface area (Å²) in [6, 6.07) is 4.58. The lowest BCUT2D eigenvalue weighted by molar-refractivity contribution is -0.126. The number of hydrogen-bond acceptors (Lipinski definition) is 7. The van der Waals surface area contributed by atoms with Crippen molar-refractivity contribution >= 4 is 33.2 Å². The average Bonchev–Trinajstić information content (AvgIpc) is 2.86. The van der Waals surface area contributed by atoms with Crippen molar-refractivity contribution in [2.24, 2.45) is 0 Å². The fourth-order valence-electron chi connectivity index (χ4n) is 4.86. The van der Waals surface area contributed by atoms with E-state index in [2.05, 4.69) is 10.2 Å². The number of nitrogens with zero attached hydrogens (tertiary/aromatic N) is 3. The molecule has 2 fully saturated rings.